The van der Waals surface area contributed by atoms with Crippen molar-refractivity contribution in [2.45, 2.75) is 6.92 Å². The molecule has 0 saturated carbocycles. The lowest BCUT2D eigenvalue weighted by molar-refractivity contribution is 0.555. The second kappa shape index (κ2) is 3.42. The molecule has 0 fully saturated rings. The van der Waals surface area contributed by atoms with E-state index in [0.29, 0.717) is 11.1 Å². The first-order chi connectivity index (χ1) is 7.11. The number of hydrogen-bond acceptors (Lipinski definition) is 3. The molecule has 0 N–H and O–H groups in total. The number of fused-ring (bicyclic) bond motifs is 1. The Balaban J connectivity index is 2.96. The highest BCUT2D eigenvalue weighted by molar-refractivity contribution is 5.91. The van der Waals surface area contributed by atoms with Crippen LogP contribution in [-0.4, -0.2) is 14.1 Å². The van der Waals surface area contributed by atoms with Gasteiger partial charge in [-0.15, -0.1) is 0 Å². The van der Waals surface area contributed by atoms with Gasteiger partial charge in [0.25, 0.3) is 0 Å². The minimum absolute atomic E-state index is 0.266. The normalized spacial score (nSPS) is 10.6. The summed E-state index contributed by atoms with van der Waals surface area (Å²) in [5.74, 6) is 0. The maximum Gasteiger partial charge on any atom is 0.341 e. The largest absolute Gasteiger partial charge is 0.422 e. The summed E-state index contributed by atoms with van der Waals surface area (Å²) in [5.41, 5.74) is 1.95. The fraction of sp³-hybridized carbons (Fsp3) is 0.250. The highest BCUT2D eigenvalue weighted by Gasteiger charge is 2.11. The van der Waals surface area contributed by atoms with Crippen molar-refractivity contribution in [3.05, 3.63) is 40.2 Å². The third kappa shape index (κ3) is 1.50. The van der Waals surface area contributed by atoms with Crippen LogP contribution < -0.4 is 10.5 Å². The summed E-state index contributed by atoms with van der Waals surface area (Å²) in [4.78, 5) is 13.5. The van der Waals surface area contributed by atoms with Gasteiger partial charge in [-0.1, -0.05) is 12.1 Å². The van der Waals surface area contributed by atoms with Crippen molar-refractivity contribution in [3.8, 4) is 0 Å². The Kier molecular flexibility index (Phi) is 2.23. The zero-order valence-electron chi connectivity index (χ0n) is 9.07. The van der Waals surface area contributed by atoms with Crippen molar-refractivity contribution in [2.75, 3.05) is 19.0 Å². The molecule has 2 aromatic rings. The Bertz CT molecular complexity index is 555. The van der Waals surface area contributed by atoms with E-state index in [1.165, 1.54) is 0 Å². The van der Waals surface area contributed by atoms with E-state index in [1.54, 1.807) is 6.92 Å². The number of benzene rings is 1. The summed E-state index contributed by atoms with van der Waals surface area (Å²) in [7, 11) is 3.85. The van der Waals surface area contributed by atoms with Crippen molar-refractivity contribution in [2.24, 2.45) is 0 Å². The smallest absolute Gasteiger partial charge is 0.341 e. The molecule has 0 spiro atoms. The third-order valence-electron chi connectivity index (χ3n) is 2.45. The predicted octanol–water partition coefficient (Wildman–Crippen LogP) is 2.17. The monoisotopic (exact) mass is 203 g/mol. The highest BCUT2D eigenvalue weighted by atomic mass is 16.4. The van der Waals surface area contributed by atoms with Crippen LogP contribution in [0, 0.1) is 6.92 Å². The van der Waals surface area contributed by atoms with E-state index in [-0.39, 0.29) is 5.63 Å². The summed E-state index contributed by atoms with van der Waals surface area (Å²) in [6.45, 7) is 1.79. The van der Waals surface area contributed by atoms with Gasteiger partial charge >= 0.3 is 5.63 Å². The lowest BCUT2D eigenvalue weighted by Gasteiger charge is -2.16. The van der Waals surface area contributed by atoms with Gasteiger partial charge in [0.1, 0.15) is 5.58 Å². The molecule has 0 aliphatic carbocycles. The molecule has 2 rings (SSSR count). The number of anilines is 1. The van der Waals surface area contributed by atoms with Crippen LogP contribution in [0.5, 0.6) is 0 Å². The van der Waals surface area contributed by atoms with Gasteiger partial charge in [0.2, 0.25) is 0 Å². The van der Waals surface area contributed by atoms with Crippen LogP contribution in [0.2, 0.25) is 0 Å². The molecule has 3 heteroatoms. The van der Waals surface area contributed by atoms with Crippen LogP contribution in [0.1, 0.15) is 5.56 Å². The standard InChI is InChI=1S/C12H13NO2/c1-8-11(13(2)3)9-6-4-5-7-10(9)15-12(8)14/h4-7H,1-3H3. The quantitative estimate of drug-likeness (QED) is 0.666. The van der Waals surface area contributed by atoms with E-state index >= 15 is 0 Å². The van der Waals surface area contributed by atoms with Gasteiger partial charge < -0.3 is 9.32 Å². The second-order valence-electron chi connectivity index (χ2n) is 3.75. The van der Waals surface area contributed by atoms with Gasteiger partial charge in [-0.2, -0.15) is 0 Å². The molecule has 0 aliphatic rings. The second-order valence-corrected chi connectivity index (χ2v) is 3.75. The number of para-hydroxylation sites is 1. The van der Waals surface area contributed by atoms with E-state index in [4.69, 9.17) is 4.42 Å². The summed E-state index contributed by atoms with van der Waals surface area (Å²) in [6.07, 6.45) is 0. The fourth-order valence-corrected chi connectivity index (χ4v) is 1.80. The van der Waals surface area contributed by atoms with Gasteiger partial charge in [0.05, 0.1) is 11.3 Å². The Labute approximate surface area is 87.9 Å². The summed E-state index contributed by atoms with van der Waals surface area (Å²) < 4.78 is 5.20. The zero-order chi connectivity index (χ0) is 11.0. The minimum atomic E-state index is -0.266. The first-order valence-electron chi connectivity index (χ1n) is 4.81. The zero-order valence-corrected chi connectivity index (χ0v) is 9.07. The van der Waals surface area contributed by atoms with Crippen LogP contribution in [0.25, 0.3) is 11.0 Å². The van der Waals surface area contributed by atoms with Crippen molar-refractivity contribution in [3.63, 3.8) is 0 Å². The SMILES string of the molecule is Cc1c(N(C)C)c2ccccc2oc1=O. The molecule has 0 bridgehead atoms. The van der Waals surface area contributed by atoms with Gasteiger partial charge in [0, 0.05) is 19.5 Å². The Morgan fingerprint density at radius 1 is 1.20 bits per heavy atom. The van der Waals surface area contributed by atoms with Crippen LogP contribution in [0.3, 0.4) is 0 Å². The average Bonchev–Trinajstić information content (AvgIpc) is 2.19. The highest BCUT2D eigenvalue weighted by Crippen LogP contribution is 2.26. The Hall–Kier alpha value is -1.77. The van der Waals surface area contributed by atoms with E-state index in [0.717, 1.165) is 11.1 Å². The van der Waals surface area contributed by atoms with E-state index in [9.17, 15) is 4.79 Å². The maximum atomic E-state index is 11.6. The van der Waals surface area contributed by atoms with Crippen LogP contribution in [0.15, 0.2) is 33.5 Å². The molecule has 1 aromatic heterocycles. The van der Waals surface area contributed by atoms with Crippen molar-refractivity contribution >= 4 is 16.7 Å². The van der Waals surface area contributed by atoms with E-state index in [2.05, 4.69) is 0 Å². The minimum Gasteiger partial charge on any atom is -0.422 e. The van der Waals surface area contributed by atoms with Crippen LogP contribution in [0.4, 0.5) is 5.69 Å². The van der Waals surface area contributed by atoms with E-state index < -0.39 is 0 Å². The first kappa shape index (κ1) is 9.77. The van der Waals surface area contributed by atoms with Gasteiger partial charge in [-0.05, 0) is 19.1 Å². The third-order valence-corrected chi connectivity index (χ3v) is 2.45. The Morgan fingerprint density at radius 2 is 1.87 bits per heavy atom. The summed E-state index contributed by atoms with van der Waals surface area (Å²) >= 11 is 0. The molecule has 1 heterocycles. The molecule has 0 radical (unpaired) electrons. The first-order valence-corrected chi connectivity index (χ1v) is 4.81. The fourth-order valence-electron chi connectivity index (χ4n) is 1.80. The number of hydrogen-bond donors (Lipinski definition) is 0. The molecule has 0 unspecified atom stereocenters. The maximum absolute atomic E-state index is 11.6. The number of nitrogens with zero attached hydrogens (tertiary/aromatic N) is 1. The van der Waals surface area contributed by atoms with Crippen LogP contribution >= 0.6 is 0 Å². The molecule has 0 amide bonds. The van der Waals surface area contributed by atoms with Gasteiger partial charge in [0.15, 0.2) is 0 Å². The van der Waals surface area contributed by atoms with Gasteiger partial charge in [-0.25, -0.2) is 4.79 Å². The van der Waals surface area contributed by atoms with Crippen molar-refractivity contribution < 1.29 is 4.42 Å². The number of rotatable bonds is 1. The van der Waals surface area contributed by atoms with Crippen molar-refractivity contribution in [1.29, 1.82) is 0 Å². The molecular formula is C12H13NO2. The Morgan fingerprint density at radius 3 is 2.53 bits per heavy atom. The molecule has 0 atom stereocenters. The molecule has 15 heavy (non-hydrogen) atoms. The molecule has 78 valence electrons. The van der Waals surface area contributed by atoms with Crippen molar-refractivity contribution in [1.82, 2.24) is 0 Å². The van der Waals surface area contributed by atoms with Crippen LogP contribution in [-0.2, 0) is 0 Å². The van der Waals surface area contributed by atoms with E-state index in [1.807, 2.05) is 43.3 Å². The predicted molar refractivity (Wildman–Crippen MR) is 61.5 cm³/mol. The molecule has 1 aromatic carbocycles. The van der Waals surface area contributed by atoms with Gasteiger partial charge in [-0.3, -0.25) is 0 Å². The molecule has 0 aliphatic heterocycles. The molecular weight excluding hydrogens is 190 g/mol. The molecule has 3 nitrogen and oxygen atoms in total. The topological polar surface area (TPSA) is 33.5 Å². The molecule has 0 saturated heterocycles. The lowest BCUT2D eigenvalue weighted by Crippen LogP contribution is -2.16. The lowest BCUT2D eigenvalue weighted by atomic mass is 10.1. The summed E-state index contributed by atoms with van der Waals surface area (Å²) in [6, 6.07) is 7.57. The average molecular weight is 203 g/mol. The summed E-state index contributed by atoms with van der Waals surface area (Å²) in [5, 5.41) is 0.972.